The molecule has 0 aliphatic heterocycles. The van der Waals surface area contributed by atoms with Crippen molar-refractivity contribution in [3.05, 3.63) is 206 Å². The third-order valence-corrected chi connectivity index (χ3v) is 13.0. The van der Waals surface area contributed by atoms with Crippen molar-refractivity contribution in [3.63, 3.8) is 0 Å². The number of rotatable bonds is 8. The van der Waals surface area contributed by atoms with Crippen LogP contribution in [0.25, 0.3) is 67.2 Å². The van der Waals surface area contributed by atoms with Crippen LogP contribution in [-0.2, 0) is 4.57 Å². The predicted octanol–water partition coefficient (Wildman–Crippen LogP) is 11.3. The van der Waals surface area contributed by atoms with Crippen LogP contribution in [0.4, 0.5) is 8.78 Å². The standard InChI is InChI=1S/C49H32F2N3OP/c50-38-26-22-35(23-27-38)48-52-47(53-49(54-48)36-24-28-39(51)29-25-36)34-20-18-33(19-21-34)43-30-31-44(46-17-8-7-16-45(43)46)37-10-9-15-42(32-37)56(55,40-11-3-1-4-12-40)41-13-5-2-6-14-41/h1-32H. The highest BCUT2D eigenvalue weighted by atomic mass is 31.2. The average molecular weight is 748 g/mol. The van der Waals surface area contributed by atoms with Crippen LogP contribution in [0.3, 0.4) is 0 Å². The van der Waals surface area contributed by atoms with Crippen LogP contribution in [0.1, 0.15) is 0 Å². The lowest BCUT2D eigenvalue weighted by Crippen LogP contribution is -2.25. The zero-order valence-electron chi connectivity index (χ0n) is 29.9. The second kappa shape index (κ2) is 14.7. The highest BCUT2D eigenvalue weighted by molar-refractivity contribution is 7.85. The summed E-state index contributed by atoms with van der Waals surface area (Å²) in [6, 6.07) is 60.2. The van der Waals surface area contributed by atoms with E-state index in [9.17, 15) is 8.78 Å². The lowest BCUT2D eigenvalue weighted by atomic mass is 9.92. The zero-order chi connectivity index (χ0) is 38.1. The molecule has 9 rings (SSSR count). The summed E-state index contributed by atoms with van der Waals surface area (Å²) in [4.78, 5) is 14.2. The lowest BCUT2D eigenvalue weighted by Gasteiger charge is -2.21. The molecule has 4 nitrogen and oxygen atoms in total. The molecule has 9 aromatic rings. The minimum absolute atomic E-state index is 0.358. The first-order valence-electron chi connectivity index (χ1n) is 18.2. The maximum atomic E-state index is 15.2. The molecule has 7 heteroatoms. The molecular weight excluding hydrogens is 716 g/mol. The van der Waals surface area contributed by atoms with Crippen molar-refractivity contribution < 1.29 is 13.3 Å². The van der Waals surface area contributed by atoms with Gasteiger partial charge in [0, 0.05) is 32.6 Å². The topological polar surface area (TPSA) is 55.7 Å². The molecule has 0 radical (unpaired) electrons. The van der Waals surface area contributed by atoms with Crippen LogP contribution >= 0.6 is 7.14 Å². The van der Waals surface area contributed by atoms with E-state index in [0.29, 0.717) is 28.6 Å². The molecule has 0 saturated heterocycles. The first-order valence-corrected chi connectivity index (χ1v) is 19.9. The van der Waals surface area contributed by atoms with Crippen molar-refractivity contribution in [1.29, 1.82) is 0 Å². The summed E-state index contributed by atoms with van der Waals surface area (Å²) in [5, 5.41) is 4.52. The minimum Gasteiger partial charge on any atom is -0.309 e. The van der Waals surface area contributed by atoms with Crippen LogP contribution in [0.5, 0.6) is 0 Å². The molecule has 0 unspecified atom stereocenters. The van der Waals surface area contributed by atoms with Crippen LogP contribution in [0.15, 0.2) is 194 Å². The Balaban J connectivity index is 1.10. The molecule has 8 aromatic carbocycles. The number of aromatic nitrogens is 3. The minimum atomic E-state index is -3.16. The van der Waals surface area contributed by atoms with Crippen molar-refractivity contribution in [3.8, 4) is 56.4 Å². The monoisotopic (exact) mass is 747 g/mol. The number of hydrogen-bond donors (Lipinski definition) is 0. The van der Waals surface area contributed by atoms with E-state index >= 15 is 4.57 Å². The first-order chi connectivity index (χ1) is 27.4. The maximum absolute atomic E-state index is 15.2. The smallest absolute Gasteiger partial charge is 0.171 e. The fourth-order valence-corrected chi connectivity index (χ4v) is 9.85. The molecule has 0 aliphatic carbocycles. The molecule has 0 N–H and O–H groups in total. The van der Waals surface area contributed by atoms with Gasteiger partial charge in [-0.3, -0.25) is 0 Å². The summed E-state index contributed by atoms with van der Waals surface area (Å²) in [7, 11) is -3.16. The molecule has 1 aromatic heterocycles. The van der Waals surface area contributed by atoms with Gasteiger partial charge in [0.1, 0.15) is 11.6 Å². The largest absolute Gasteiger partial charge is 0.309 e. The number of nitrogens with zero attached hydrogens (tertiary/aromatic N) is 3. The fourth-order valence-electron chi connectivity index (χ4n) is 7.15. The Hall–Kier alpha value is -6.88. The second-order valence-electron chi connectivity index (χ2n) is 13.4. The van der Waals surface area contributed by atoms with E-state index in [0.717, 1.165) is 54.5 Å². The van der Waals surface area contributed by atoms with Gasteiger partial charge in [-0.2, -0.15) is 0 Å². The van der Waals surface area contributed by atoms with E-state index in [1.165, 1.54) is 24.3 Å². The van der Waals surface area contributed by atoms with Gasteiger partial charge in [0.15, 0.2) is 24.6 Å². The van der Waals surface area contributed by atoms with Gasteiger partial charge in [0.25, 0.3) is 0 Å². The summed E-state index contributed by atoms with van der Waals surface area (Å²) in [6.45, 7) is 0. The van der Waals surface area contributed by atoms with Crippen LogP contribution in [0, 0.1) is 11.6 Å². The van der Waals surface area contributed by atoms with Crippen LogP contribution in [-0.4, -0.2) is 15.0 Å². The van der Waals surface area contributed by atoms with Crippen molar-refractivity contribution >= 4 is 33.8 Å². The van der Waals surface area contributed by atoms with Crippen molar-refractivity contribution in [2.45, 2.75) is 0 Å². The predicted molar refractivity (Wildman–Crippen MR) is 224 cm³/mol. The molecule has 0 aliphatic rings. The van der Waals surface area contributed by atoms with Gasteiger partial charge in [0.2, 0.25) is 0 Å². The Morgan fingerprint density at radius 2 is 0.714 bits per heavy atom. The van der Waals surface area contributed by atoms with Gasteiger partial charge in [-0.25, -0.2) is 23.7 Å². The molecule has 1 heterocycles. The number of hydrogen-bond acceptors (Lipinski definition) is 4. The number of fused-ring (bicyclic) bond motifs is 1. The Bertz CT molecular complexity index is 2780. The SMILES string of the molecule is O=P(c1ccccc1)(c1ccccc1)c1cccc(-c2ccc(-c3ccc(-c4nc(-c5ccc(F)cc5)nc(-c5ccc(F)cc5)n4)cc3)c3ccccc23)c1. The summed E-state index contributed by atoms with van der Waals surface area (Å²) < 4.78 is 42.8. The van der Waals surface area contributed by atoms with Crippen LogP contribution < -0.4 is 15.9 Å². The Morgan fingerprint density at radius 1 is 0.339 bits per heavy atom. The van der Waals surface area contributed by atoms with Gasteiger partial charge in [-0.15, -0.1) is 0 Å². The van der Waals surface area contributed by atoms with Crippen LogP contribution in [0.2, 0.25) is 0 Å². The quantitative estimate of drug-likeness (QED) is 0.145. The molecule has 0 spiro atoms. The maximum Gasteiger partial charge on any atom is 0.171 e. The second-order valence-corrected chi connectivity index (χ2v) is 16.2. The van der Waals surface area contributed by atoms with Crippen molar-refractivity contribution in [2.24, 2.45) is 0 Å². The summed E-state index contributed by atoms with van der Waals surface area (Å²) in [5.74, 6) is 0.487. The number of halogens is 2. The third-order valence-electron chi connectivity index (χ3n) is 9.98. The number of benzene rings is 8. The molecule has 0 amide bonds. The summed E-state index contributed by atoms with van der Waals surface area (Å²) in [6.07, 6.45) is 0. The van der Waals surface area contributed by atoms with Gasteiger partial charge < -0.3 is 4.57 Å². The molecule has 0 saturated carbocycles. The molecule has 0 fully saturated rings. The highest BCUT2D eigenvalue weighted by Gasteiger charge is 2.30. The Morgan fingerprint density at radius 3 is 1.18 bits per heavy atom. The Labute approximate surface area is 323 Å². The van der Waals surface area contributed by atoms with E-state index < -0.39 is 7.14 Å². The van der Waals surface area contributed by atoms with E-state index in [-0.39, 0.29) is 11.6 Å². The van der Waals surface area contributed by atoms with Crippen molar-refractivity contribution in [2.75, 3.05) is 0 Å². The average Bonchev–Trinajstić information content (AvgIpc) is 3.27. The van der Waals surface area contributed by atoms with E-state index in [1.807, 2.05) is 109 Å². The van der Waals surface area contributed by atoms with E-state index in [1.54, 1.807) is 24.3 Å². The van der Waals surface area contributed by atoms with Gasteiger partial charge >= 0.3 is 0 Å². The summed E-state index contributed by atoms with van der Waals surface area (Å²) >= 11 is 0. The molecular formula is C49H32F2N3OP. The van der Waals surface area contributed by atoms with E-state index in [2.05, 4.69) is 41.4 Å². The third kappa shape index (κ3) is 6.61. The van der Waals surface area contributed by atoms with E-state index in [4.69, 9.17) is 9.97 Å². The van der Waals surface area contributed by atoms with Gasteiger partial charge in [0.05, 0.1) is 0 Å². The summed E-state index contributed by atoms with van der Waals surface area (Å²) in [5.41, 5.74) is 6.13. The highest BCUT2D eigenvalue weighted by Crippen LogP contribution is 2.44. The van der Waals surface area contributed by atoms with Gasteiger partial charge in [-0.05, 0) is 87.6 Å². The first kappa shape index (κ1) is 34.9. The fraction of sp³-hybridized carbons (Fsp3) is 0. The zero-order valence-corrected chi connectivity index (χ0v) is 30.8. The molecule has 268 valence electrons. The normalized spacial score (nSPS) is 11.5. The van der Waals surface area contributed by atoms with Crippen molar-refractivity contribution in [1.82, 2.24) is 15.0 Å². The lowest BCUT2D eigenvalue weighted by molar-refractivity contribution is 0.592. The molecule has 0 bridgehead atoms. The Kier molecular flexibility index (Phi) is 9.18. The van der Waals surface area contributed by atoms with Gasteiger partial charge in [-0.1, -0.05) is 140 Å². The molecule has 56 heavy (non-hydrogen) atoms. The molecule has 0 atom stereocenters.